The molecular weight excluding hydrogens is 523 g/mol. The van der Waals surface area contributed by atoms with Crippen LogP contribution in [0.2, 0.25) is 0 Å². The average molecular weight is 559 g/mol. The number of aromatic amines is 1. The minimum atomic E-state index is -0.605. The molecule has 1 fully saturated rings. The van der Waals surface area contributed by atoms with Gasteiger partial charge in [0, 0.05) is 5.71 Å². The molecule has 1 aliphatic carbocycles. The van der Waals surface area contributed by atoms with Gasteiger partial charge in [-0.1, -0.05) is 33.3 Å². The fourth-order valence-electron chi connectivity index (χ4n) is 5.03. The van der Waals surface area contributed by atoms with Crippen LogP contribution >= 0.6 is 0 Å². The number of hydrogen-bond donors (Lipinski definition) is 3. The maximum Gasteiger partial charge on any atom is -0.00492 e. The molecule has 177 valence electrons. The maximum atomic E-state index is 14.9. The first-order chi connectivity index (χ1) is 16.0. The van der Waals surface area contributed by atoms with Crippen LogP contribution in [0.3, 0.4) is 0 Å². The van der Waals surface area contributed by atoms with Crippen molar-refractivity contribution in [3.63, 3.8) is 0 Å². The summed E-state index contributed by atoms with van der Waals surface area (Å²) in [6.07, 6.45) is 10.0. The SMILES string of the molecule is C/C=C\C(=NC(CCC)C1CCC(c2cc(Nc3cc[c]4c(c3F)C[NH][Sb]4)n[nH]2)C1)C(C)C. The number of H-pyrrole nitrogens is 1. The van der Waals surface area contributed by atoms with Crippen LogP contribution in [-0.2, 0) is 6.54 Å². The van der Waals surface area contributed by atoms with Gasteiger partial charge in [-0.25, -0.2) is 0 Å². The van der Waals surface area contributed by atoms with Crippen molar-refractivity contribution in [3.05, 3.63) is 47.4 Å². The van der Waals surface area contributed by atoms with E-state index in [2.05, 4.69) is 71.0 Å². The molecule has 1 aliphatic heterocycles. The number of nitrogens with one attached hydrogen (secondary N) is 3. The van der Waals surface area contributed by atoms with Gasteiger partial charge >= 0.3 is 139 Å². The number of rotatable bonds is 9. The molecule has 7 heteroatoms. The van der Waals surface area contributed by atoms with Crippen molar-refractivity contribution in [2.45, 2.75) is 78.3 Å². The summed E-state index contributed by atoms with van der Waals surface area (Å²) >= 11 is -0.605. The molecule has 2 aromatic rings. The Balaban J connectivity index is 1.44. The van der Waals surface area contributed by atoms with Gasteiger partial charge in [-0.3, -0.25) is 4.99 Å². The van der Waals surface area contributed by atoms with Gasteiger partial charge in [-0.2, -0.15) is 0 Å². The Morgan fingerprint density at radius 2 is 2.21 bits per heavy atom. The zero-order valence-electron chi connectivity index (χ0n) is 20.2. The summed E-state index contributed by atoms with van der Waals surface area (Å²) in [5.74, 6) is 2.05. The summed E-state index contributed by atoms with van der Waals surface area (Å²) in [7, 11) is 0. The summed E-state index contributed by atoms with van der Waals surface area (Å²) < 4.78 is 19.4. The van der Waals surface area contributed by atoms with Crippen LogP contribution in [0.4, 0.5) is 15.9 Å². The number of nitrogens with zero attached hydrogens (tertiary/aromatic N) is 2. The third kappa shape index (κ3) is 5.71. The maximum absolute atomic E-state index is 14.9. The van der Waals surface area contributed by atoms with E-state index in [4.69, 9.17) is 4.99 Å². The molecular formula is C26H36FN5Sb. The van der Waals surface area contributed by atoms with Crippen molar-refractivity contribution in [2.75, 3.05) is 5.32 Å². The van der Waals surface area contributed by atoms with Gasteiger partial charge in [0.25, 0.3) is 0 Å². The molecule has 0 bridgehead atoms. The van der Waals surface area contributed by atoms with E-state index in [-0.39, 0.29) is 5.82 Å². The van der Waals surface area contributed by atoms with E-state index in [9.17, 15) is 4.39 Å². The Bertz CT molecular complexity index is 1010. The molecule has 2 heterocycles. The number of hydrogen-bond acceptors (Lipinski definition) is 4. The fraction of sp³-hybridized carbons (Fsp3) is 0.538. The Labute approximate surface area is 208 Å². The van der Waals surface area contributed by atoms with Crippen LogP contribution in [0.5, 0.6) is 0 Å². The summed E-state index contributed by atoms with van der Waals surface area (Å²) in [4.78, 5) is 5.21. The summed E-state index contributed by atoms with van der Waals surface area (Å²) in [5, 5.41) is 10.9. The van der Waals surface area contributed by atoms with Crippen LogP contribution in [-0.4, -0.2) is 43.8 Å². The van der Waals surface area contributed by atoms with E-state index in [0.29, 0.717) is 41.8 Å². The van der Waals surface area contributed by atoms with Crippen LogP contribution in [0.25, 0.3) is 0 Å². The predicted molar refractivity (Wildman–Crippen MR) is 136 cm³/mol. The van der Waals surface area contributed by atoms with E-state index in [1.807, 2.05) is 6.07 Å². The van der Waals surface area contributed by atoms with E-state index in [0.717, 1.165) is 36.9 Å². The molecule has 1 saturated carbocycles. The number of fused-ring (bicyclic) bond motifs is 1. The molecule has 3 N–H and O–H groups in total. The molecule has 0 saturated heterocycles. The second-order valence-electron chi connectivity index (χ2n) is 9.54. The summed E-state index contributed by atoms with van der Waals surface area (Å²) in [6, 6.07) is 6.35. The van der Waals surface area contributed by atoms with Crippen molar-refractivity contribution in [3.8, 4) is 0 Å². The number of benzene rings is 1. The third-order valence-electron chi connectivity index (χ3n) is 6.82. The van der Waals surface area contributed by atoms with Crippen molar-refractivity contribution in [1.29, 1.82) is 0 Å². The summed E-state index contributed by atoms with van der Waals surface area (Å²) in [6.45, 7) is 9.41. The molecule has 2 aliphatic rings. The fourth-order valence-corrected chi connectivity index (χ4v) is 7.51. The quantitative estimate of drug-likeness (QED) is 0.286. The average Bonchev–Trinajstić information content (AvgIpc) is 3.55. The first-order valence-electron chi connectivity index (χ1n) is 12.3. The van der Waals surface area contributed by atoms with Crippen molar-refractivity contribution in [2.24, 2.45) is 16.8 Å². The molecule has 3 unspecified atom stereocenters. The Morgan fingerprint density at radius 3 is 2.97 bits per heavy atom. The molecule has 3 atom stereocenters. The molecule has 4 rings (SSSR count). The standard InChI is InChI=1S/C26H36FN5.Sb/c1-5-8-21(17(3)4)29-22(9-6-2)18-12-13-19(14-18)24-15-25(32-31-24)30-23-11-7-10-20(16-28)26(23)27;/h5,7-8,11,15,17-19,22,28H,6,9,12-14,16H2,1-4H3,(H2,30,31,32);/q-1;+1/b8-5-,29-21?;. The van der Waals surface area contributed by atoms with Gasteiger partial charge in [-0.15, -0.1) is 0 Å². The van der Waals surface area contributed by atoms with Crippen molar-refractivity contribution in [1.82, 2.24) is 13.7 Å². The first kappa shape index (κ1) is 24.5. The zero-order valence-corrected chi connectivity index (χ0v) is 22.7. The van der Waals surface area contributed by atoms with Crippen LogP contribution < -0.4 is 12.3 Å². The van der Waals surface area contributed by atoms with Gasteiger partial charge in [-0.05, 0) is 25.3 Å². The number of anilines is 2. The van der Waals surface area contributed by atoms with Gasteiger partial charge in [0.2, 0.25) is 0 Å². The zero-order chi connectivity index (χ0) is 23.4. The predicted octanol–water partition coefficient (Wildman–Crippen LogP) is 5.37. The molecule has 1 radical (unpaired) electrons. The Morgan fingerprint density at radius 1 is 1.36 bits per heavy atom. The first-order valence-corrected chi connectivity index (χ1v) is 14.8. The van der Waals surface area contributed by atoms with Crippen LogP contribution in [0.15, 0.2) is 35.3 Å². The molecule has 1 aromatic carbocycles. The smallest absolute Gasteiger partial charge is 0.00492 e. The van der Waals surface area contributed by atoms with Crippen molar-refractivity contribution < 1.29 is 4.39 Å². The topological polar surface area (TPSA) is 65.1 Å². The Kier molecular flexibility index (Phi) is 8.29. The van der Waals surface area contributed by atoms with Gasteiger partial charge in [0.15, 0.2) is 0 Å². The normalized spacial score (nSPS) is 21.8. The monoisotopic (exact) mass is 558 g/mol. The van der Waals surface area contributed by atoms with Crippen molar-refractivity contribution >= 4 is 42.6 Å². The number of allylic oxidation sites excluding steroid dienone is 2. The summed E-state index contributed by atoms with van der Waals surface area (Å²) in [5.41, 5.74) is 3.70. The van der Waals surface area contributed by atoms with Crippen LogP contribution in [0.1, 0.15) is 77.0 Å². The molecule has 0 spiro atoms. The number of aliphatic imine (C=N–C) groups is 1. The molecule has 33 heavy (non-hydrogen) atoms. The van der Waals surface area contributed by atoms with Gasteiger partial charge in [0.05, 0.1) is 0 Å². The largest absolute Gasteiger partial charge is 0.0572 e. The second kappa shape index (κ2) is 11.2. The number of halogens is 1. The molecule has 0 amide bonds. The van der Waals surface area contributed by atoms with E-state index >= 15 is 0 Å². The second-order valence-corrected chi connectivity index (χ2v) is 12.5. The van der Waals surface area contributed by atoms with E-state index in [1.54, 1.807) is 0 Å². The third-order valence-corrected chi connectivity index (χ3v) is 9.61. The minimum Gasteiger partial charge on any atom is -0.0572 e. The molecule has 5 nitrogen and oxygen atoms in total. The van der Waals surface area contributed by atoms with Crippen LogP contribution in [0, 0.1) is 17.7 Å². The van der Waals surface area contributed by atoms with E-state index in [1.165, 1.54) is 15.6 Å². The van der Waals surface area contributed by atoms with E-state index < -0.39 is 21.9 Å². The minimum absolute atomic E-state index is 0.138. The van der Waals surface area contributed by atoms with Gasteiger partial charge in [0.1, 0.15) is 0 Å². The van der Waals surface area contributed by atoms with Gasteiger partial charge < -0.3 is 0 Å². The molecule has 1 aromatic heterocycles. The Hall–Kier alpha value is -1.65. The number of aromatic nitrogens is 2.